The predicted octanol–water partition coefficient (Wildman–Crippen LogP) is 5.46. The summed E-state index contributed by atoms with van der Waals surface area (Å²) < 4.78 is 62.9. The molecule has 1 amide bonds. The lowest BCUT2D eigenvalue weighted by molar-refractivity contribution is -0.160. The number of hydrogen-bond donors (Lipinski definition) is 2. The van der Waals surface area contributed by atoms with Gasteiger partial charge in [0.1, 0.15) is 29.8 Å². The van der Waals surface area contributed by atoms with Crippen molar-refractivity contribution in [1.29, 1.82) is 0 Å². The maximum absolute atomic E-state index is 14.0. The molecule has 0 aliphatic carbocycles. The highest BCUT2D eigenvalue weighted by atomic mass is 32.2. The van der Waals surface area contributed by atoms with Crippen LogP contribution < -0.4 is 15.4 Å². The van der Waals surface area contributed by atoms with Gasteiger partial charge in [-0.3, -0.25) is 4.79 Å². The van der Waals surface area contributed by atoms with Gasteiger partial charge in [0.15, 0.2) is 6.10 Å². The second-order valence-corrected chi connectivity index (χ2v) is 12.0. The van der Waals surface area contributed by atoms with Gasteiger partial charge in [-0.15, -0.1) is 9.41 Å². The van der Waals surface area contributed by atoms with Crippen LogP contribution in [-0.2, 0) is 14.2 Å². The summed E-state index contributed by atoms with van der Waals surface area (Å²) in [6.45, 7) is 4.01. The molecule has 2 atom stereocenters. The molecule has 12 heteroatoms. The number of nitrogens with zero attached hydrogens (tertiary/aromatic N) is 3. The van der Waals surface area contributed by atoms with Gasteiger partial charge in [-0.2, -0.15) is 13.2 Å². The Morgan fingerprint density at radius 3 is 2.57 bits per heavy atom. The second-order valence-electron chi connectivity index (χ2n) is 9.03. The van der Waals surface area contributed by atoms with Crippen molar-refractivity contribution in [3.8, 4) is 5.75 Å². The van der Waals surface area contributed by atoms with E-state index in [1.54, 1.807) is 0 Å². The van der Waals surface area contributed by atoms with E-state index in [0.29, 0.717) is 16.7 Å². The van der Waals surface area contributed by atoms with Gasteiger partial charge in [-0.25, -0.2) is 18.7 Å². The van der Waals surface area contributed by atoms with Crippen LogP contribution in [0.25, 0.3) is 10.9 Å². The smallest absolute Gasteiger partial charge is 0.408 e. The molecule has 1 aromatic heterocycles. The molecule has 0 unspecified atom stereocenters. The van der Waals surface area contributed by atoms with Crippen molar-refractivity contribution < 1.29 is 27.1 Å². The molecule has 2 N–H and O–H groups in total. The SMILES string of the molecule is C=S1(=Nc2cc(C)c3c(Nc4ccc(F)cc4O[C@H](C)C(=O)N[C@@H](C)C(F)(F)F)ncnc3c2)CCC1. The van der Waals surface area contributed by atoms with Crippen molar-refractivity contribution >= 4 is 49.3 Å². The van der Waals surface area contributed by atoms with Crippen LogP contribution >= 0.6 is 0 Å². The Balaban J connectivity index is 1.62. The average Bonchev–Trinajstić information content (AvgIpc) is 2.79. The van der Waals surface area contributed by atoms with E-state index in [-0.39, 0.29) is 11.4 Å². The average molecular weight is 538 g/mol. The second kappa shape index (κ2) is 10.2. The largest absolute Gasteiger partial charge is 0.479 e. The molecule has 1 aliphatic rings. The van der Waals surface area contributed by atoms with E-state index in [4.69, 9.17) is 9.10 Å². The first kappa shape index (κ1) is 26.6. The molecule has 1 aliphatic heterocycles. The number of amides is 1. The lowest BCUT2D eigenvalue weighted by Crippen LogP contribution is -2.47. The van der Waals surface area contributed by atoms with Crippen LogP contribution in [0.3, 0.4) is 0 Å². The lowest BCUT2D eigenvalue weighted by atomic mass is 10.1. The van der Waals surface area contributed by atoms with E-state index in [2.05, 4.69) is 21.2 Å². The van der Waals surface area contributed by atoms with Gasteiger partial charge in [-0.1, -0.05) is 5.87 Å². The zero-order chi connectivity index (χ0) is 27.0. The van der Waals surface area contributed by atoms with Gasteiger partial charge in [-0.05, 0) is 68.5 Å². The molecule has 0 bridgehead atoms. The van der Waals surface area contributed by atoms with Crippen molar-refractivity contribution in [3.05, 3.63) is 48.0 Å². The molecule has 37 heavy (non-hydrogen) atoms. The fraction of sp³-hybridized carbons (Fsp3) is 0.360. The van der Waals surface area contributed by atoms with E-state index in [1.165, 1.54) is 25.4 Å². The van der Waals surface area contributed by atoms with Gasteiger partial charge in [0.2, 0.25) is 0 Å². The van der Waals surface area contributed by atoms with E-state index >= 15 is 0 Å². The number of aryl methyl sites for hydroxylation is 1. The number of ether oxygens (including phenoxy) is 1. The Kier molecular flexibility index (Phi) is 7.31. The first-order chi connectivity index (χ1) is 17.3. The number of hydrogen-bond acceptors (Lipinski definition) is 6. The summed E-state index contributed by atoms with van der Waals surface area (Å²) in [5.41, 5.74) is 2.59. The highest BCUT2D eigenvalue weighted by Crippen LogP contribution is 2.34. The molecule has 0 radical (unpaired) electrons. The number of carbonyl (C=O) groups excluding carboxylic acids is 1. The minimum atomic E-state index is -4.60. The third-order valence-electron chi connectivity index (χ3n) is 5.99. The molecular formula is C25H27F4N5O2S. The number of nitrogens with one attached hydrogen (secondary N) is 2. The van der Waals surface area contributed by atoms with Gasteiger partial charge >= 0.3 is 6.18 Å². The van der Waals surface area contributed by atoms with Crippen LogP contribution in [0.15, 0.2) is 41.0 Å². The number of rotatable bonds is 7. The molecule has 7 nitrogen and oxygen atoms in total. The van der Waals surface area contributed by atoms with Crippen LogP contribution in [0.4, 0.5) is 34.8 Å². The Morgan fingerprint density at radius 1 is 1.19 bits per heavy atom. The maximum Gasteiger partial charge on any atom is 0.408 e. The molecular weight excluding hydrogens is 510 g/mol. The van der Waals surface area contributed by atoms with Crippen molar-refractivity contribution in [2.24, 2.45) is 4.36 Å². The van der Waals surface area contributed by atoms with Crippen LogP contribution in [0, 0.1) is 12.7 Å². The predicted molar refractivity (Wildman–Crippen MR) is 139 cm³/mol. The molecule has 3 aromatic rings. The Hall–Kier alpha value is -3.41. The lowest BCUT2D eigenvalue weighted by Gasteiger charge is -2.24. The number of halogens is 4. The van der Waals surface area contributed by atoms with Crippen LogP contribution in [0.1, 0.15) is 25.8 Å². The molecule has 2 aromatic carbocycles. The van der Waals surface area contributed by atoms with Crippen molar-refractivity contribution in [3.63, 3.8) is 0 Å². The standard InChI is InChI=1S/C25H27F4N5O2S/c1-14-10-18(34-37(4)8-5-9-37)12-20-22(14)23(31-13-30-20)33-19-7-6-17(26)11-21(19)36-15(2)24(35)32-16(3)25(27,28)29/h6-7,10-13,15-16H,4-5,8-9H2,1-3H3,(H,32,35)(H,30,31,33)/t15-,16+/m1/s1. The molecule has 4 rings (SSSR count). The summed E-state index contributed by atoms with van der Waals surface area (Å²) in [6, 6.07) is 5.37. The molecule has 0 saturated carbocycles. The number of alkyl halides is 3. The number of carbonyl (C=O) groups is 1. The van der Waals surface area contributed by atoms with E-state index in [0.717, 1.165) is 42.2 Å². The highest BCUT2D eigenvalue weighted by molar-refractivity contribution is 8.03. The van der Waals surface area contributed by atoms with Crippen molar-refractivity contribution in [2.75, 3.05) is 16.8 Å². The van der Waals surface area contributed by atoms with Crippen LogP contribution in [0.2, 0.25) is 0 Å². The van der Waals surface area contributed by atoms with E-state index in [9.17, 15) is 22.4 Å². The zero-order valence-corrected chi connectivity index (χ0v) is 21.3. The Labute approximate surface area is 212 Å². The molecule has 2 heterocycles. The summed E-state index contributed by atoms with van der Waals surface area (Å²) >= 11 is 0. The van der Waals surface area contributed by atoms with Crippen LogP contribution in [-0.4, -0.2) is 51.6 Å². The normalized spacial score (nSPS) is 16.4. The first-order valence-electron chi connectivity index (χ1n) is 11.5. The molecule has 1 fully saturated rings. The van der Waals surface area contributed by atoms with Gasteiger partial charge in [0.25, 0.3) is 5.91 Å². The summed E-state index contributed by atoms with van der Waals surface area (Å²) in [5, 5.41) is 5.65. The van der Waals surface area contributed by atoms with Crippen molar-refractivity contribution in [2.45, 2.75) is 45.5 Å². The summed E-state index contributed by atoms with van der Waals surface area (Å²) in [7, 11) is -1.21. The third-order valence-corrected chi connectivity index (χ3v) is 8.68. The Morgan fingerprint density at radius 2 is 1.92 bits per heavy atom. The minimum Gasteiger partial charge on any atom is -0.479 e. The summed E-state index contributed by atoms with van der Waals surface area (Å²) in [6.07, 6.45) is -3.42. The zero-order valence-electron chi connectivity index (χ0n) is 20.5. The van der Waals surface area contributed by atoms with E-state index < -0.39 is 39.5 Å². The molecule has 198 valence electrons. The highest BCUT2D eigenvalue weighted by Gasteiger charge is 2.38. The van der Waals surface area contributed by atoms with Crippen LogP contribution in [0.5, 0.6) is 5.75 Å². The van der Waals surface area contributed by atoms with Gasteiger partial charge in [0, 0.05) is 11.5 Å². The Bertz CT molecular complexity index is 1460. The fourth-order valence-corrected chi connectivity index (χ4v) is 5.48. The molecule has 0 spiro atoms. The number of anilines is 2. The quantitative estimate of drug-likeness (QED) is 0.309. The topological polar surface area (TPSA) is 88.5 Å². The van der Waals surface area contributed by atoms with Gasteiger partial charge < -0.3 is 15.4 Å². The number of benzene rings is 2. The van der Waals surface area contributed by atoms with Crippen molar-refractivity contribution in [1.82, 2.24) is 15.3 Å². The first-order valence-corrected chi connectivity index (χ1v) is 13.6. The minimum absolute atomic E-state index is 0.0640. The number of aromatic nitrogens is 2. The van der Waals surface area contributed by atoms with E-state index in [1.807, 2.05) is 24.4 Å². The third kappa shape index (κ3) is 6.12. The summed E-state index contributed by atoms with van der Waals surface area (Å²) in [5.74, 6) is 5.02. The monoisotopic (exact) mass is 537 g/mol. The summed E-state index contributed by atoms with van der Waals surface area (Å²) in [4.78, 5) is 21.0. The fourth-order valence-electron chi connectivity index (χ4n) is 3.79. The number of fused-ring (bicyclic) bond motifs is 1. The van der Waals surface area contributed by atoms with Gasteiger partial charge in [0.05, 0.1) is 16.9 Å². The maximum atomic E-state index is 14.0. The molecule has 1 saturated heterocycles.